The quantitative estimate of drug-likeness (QED) is 0.0796. The van der Waals surface area contributed by atoms with Crippen LogP contribution in [-0.2, 0) is 14.3 Å². The van der Waals surface area contributed by atoms with Crippen LogP contribution in [0.2, 0.25) is 20.1 Å². The Labute approximate surface area is 186 Å². The van der Waals surface area contributed by atoms with E-state index in [0.717, 1.165) is 31.4 Å². The summed E-state index contributed by atoms with van der Waals surface area (Å²) < 4.78 is 10.1. The van der Waals surface area contributed by atoms with Crippen LogP contribution in [0, 0.1) is 0 Å². The molecule has 0 atom stereocenters. The number of benzene rings is 1. The van der Waals surface area contributed by atoms with E-state index in [1.807, 2.05) is 0 Å². The fourth-order valence-electron chi connectivity index (χ4n) is 2.37. The number of halogens is 4. The third kappa shape index (κ3) is 9.51. The van der Waals surface area contributed by atoms with Crippen molar-refractivity contribution in [1.29, 1.82) is 0 Å². The summed E-state index contributed by atoms with van der Waals surface area (Å²) >= 11 is 23.6. The molecule has 156 valence electrons. The van der Waals surface area contributed by atoms with E-state index >= 15 is 0 Å². The van der Waals surface area contributed by atoms with Crippen LogP contribution >= 0.6 is 46.4 Å². The molecule has 1 aromatic rings. The summed E-state index contributed by atoms with van der Waals surface area (Å²) in [5.74, 6) is -1.59. The monoisotopic (exact) mass is 468 g/mol. The van der Waals surface area contributed by atoms with Crippen molar-refractivity contribution in [3.63, 3.8) is 0 Å². The Morgan fingerprint density at radius 1 is 0.821 bits per heavy atom. The fourth-order valence-corrected chi connectivity index (χ4v) is 3.35. The molecule has 8 heteroatoms. The van der Waals surface area contributed by atoms with Gasteiger partial charge in [0.05, 0.1) is 21.7 Å². The van der Waals surface area contributed by atoms with E-state index in [2.05, 4.69) is 6.92 Å². The minimum absolute atomic E-state index is 0.0179. The van der Waals surface area contributed by atoms with Gasteiger partial charge in [0.25, 0.3) is 0 Å². The predicted octanol–water partition coefficient (Wildman–Crippen LogP) is 7.45. The Kier molecular flexibility index (Phi) is 12.6. The van der Waals surface area contributed by atoms with Crippen molar-refractivity contribution in [1.82, 2.24) is 0 Å². The van der Waals surface area contributed by atoms with Crippen LogP contribution < -0.4 is 4.74 Å². The number of hydrogen-bond acceptors (Lipinski definition) is 4. The van der Waals surface area contributed by atoms with Crippen LogP contribution in [0.15, 0.2) is 18.2 Å². The molecule has 28 heavy (non-hydrogen) atoms. The maximum absolute atomic E-state index is 11.8. The van der Waals surface area contributed by atoms with Crippen LogP contribution in [0.5, 0.6) is 5.75 Å². The van der Waals surface area contributed by atoms with Gasteiger partial charge in [-0.25, -0.2) is 9.59 Å². The van der Waals surface area contributed by atoms with Gasteiger partial charge in [-0.05, 0) is 12.5 Å². The molecule has 0 bridgehead atoms. The van der Waals surface area contributed by atoms with E-state index in [4.69, 9.17) is 55.9 Å². The fraction of sp³-hybridized carbons (Fsp3) is 0.500. The second-order valence-electron chi connectivity index (χ2n) is 6.19. The normalized spacial score (nSPS) is 11.0. The molecule has 4 nitrogen and oxygen atoms in total. The topological polar surface area (TPSA) is 52.6 Å². The minimum atomic E-state index is -0.841. The summed E-state index contributed by atoms with van der Waals surface area (Å²) in [5, 5.41) is 0.0949. The Bertz CT molecular complexity index is 689. The highest BCUT2D eigenvalue weighted by atomic mass is 35.5. The number of carbonyl (C=O) groups is 2. The van der Waals surface area contributed by atoms with Crippen molar-refractivity contribution < 1.29 is 19.1 Å². The zero-order valence-electron chi connectivity index (χ0n) is 15.7. The van der Waals surface area contributed by atoms with Crippen molar-refractivity contribution >= 4 is 58.3 Å². The molecule has 0 aliphatic rings. The highest BCUT2D eigenvalue weighted by Crippen LogP contribution is 2.42. The first-order valence-corrected chi connectivity index (χ1v) is 10.8. The van der Waals surface area contributed by atoms with E-state index in [9.17, 15) is 9.59 Å². The van der Waals surface area contributed by atoms with Gasteiger partial charge in [-0.1, -0.05) is 98.3 Å². The van der Waals surface area contributed by atoms with Crippen molar-refractivity contribution in [3.8, 4) is 5.75 Å². The average molecular weight is 470 g/mol. The highest BCUT2D eigenvalue weighted by molar-refractivity contribution is 6.50. The lowest BCUT2D eigenvalue weighted by Gasteiger charge is -2.09. The smallest absolute Gasteiger partial charge is 0.336 e. The summed E-state index contributed by atoms with van der Waals surface area (Å²) in [6.45, 7) is 2.51. The highest BCUT2D eigenvalue weighted by Gasteiger charge is 2.17. The summed E-state index contributed by atoms with van der Waals surface area (Å²) in [6, 6.07) is 1.31. The maximum atomic E-state index is 11.8. The van der Waals surface area contributed by atoms with Crippen molar-refractivity contribution in [2.75, 3.05) is 6.61 Å². The van der Waals surface area contributed by atoms with E-state index < -0.39 is 11.9 Å². The zero-order chi connectivity index (χ0) is 20.9. The van der Waals surface area contributed by atoms with Crippen molar-refractivity contribution in [2.24, 2.45) is 0 Å². The molecule has 0 spiro atoms. The largest absolute Gasteiger partial charge is 0.463 e. The third-order valence-corrected chi connectivity index (χ3v) is 5.40. The molecule has 0 aliphatic carbocycles. The van der Waals surface area contributed by atoms with Gasteiger partial charge in [0.1, 0.15) is 5.02 Å². The number of rotatable bonds is 12. The van der Waals surface area contributed by atoms with Crippen LogP contribution in [0.3, 0.4) is 0 Å². The third-order valence-electron chi connectivity index (χ3n) is 3.87. The molecular weight excluding hydrogens is 446 g/mol. The first-order chi connectivity index (χ1) is 13.4. The van der Waals surface area contributed by atoms with Gasteiger partial charge in [-0.3, -0.25) is 0 Å². The van der Waals surface area contributed by atoms with E-state index in [1.165, 1.54) is 38.2 Å². The van der Waals surface area contributed by atoms with Crippen molar-refractivity contribution in [3.05, 3.63) is 38.3 Å². The van der Waals surface area contributed by atoms with Gasteiger partial charge in [0, 0.05) is 12.2 Å². The molecule has 0 N–H and O–H groups in total. The molecule has 0 aliphatic heterocycles. The summed E-state index contributed by atoms with van der Waals surface area (Å²) in [6.07, 6.45) is 11.1. The second kappa shape index (κ2) is 14.1. The van der Waals surface area contributed by atoms with E-state index in [-0.39, 0.29) is 25.8 Å². The van der Waals surface area contributed by atoms with Crippen molar-refractivity contribution in [2.45, 2.75) is 58.3 Å². The molecular formula is C20H24Cl4O4. The van der Waals surface area contributed by atoms with Gasteiger partial charge in [0.2, 0.25) is 0 Å². The molecule has 0 amide bonds. The molecule has 1 aromatic carbocycles. The lowest BCUT2D eigenvalue weighted by molar-refractivity contribution is -0.138. The van der Waals surface area contributed by atoms with Crippen LogP contribution in [0.1, 0.15) is 58.3 Å². The number of carbonyl (C=O) groups excluding carboxylic acids is 2. The molecule has 0 saturated carbocycles. The molecule has 0 aromatic heterocycles. The lowest BCUT2D eigenvalue weighted by atomic mass is 10.1. The van der Waals surface area contributed by atoms with Gasteiger partial charge < -0.3 is 9.47 Å². The Morgan fingerprint density at radius 2 is 1.39 bits per heavy atom. The molecule has 0 unspecified atom stereocenters. The molecule has 1 rings (SSSR count). The number of unbranched alkanes of at least 4 members (excludes halogenated alkanes) is 7. The predicted molar refractivity (Wildman–Crippen MR) is 115 cm³/mol. The lowest BCUT2D eigenvalue weighted by Crippen LogP contribution is -2.08. The summed E-state index contributed by atoms with van der Waals surface area (Å²) in [4.78, 5) is 23.5. The average Bonchev–Trinajstić information content (AvgIpc) is 2.66. The molecule has 0 fully saturated rings. The maximum Gasteiger partial charge on any atom is 0.336 e. The summed E-state index contributed by atoms with van der Waals surface area (Å²) in [7, 11) is 0. The van der Waals surface area contributed by atoms with Crippen LogP contribution in [0.4, 0.5) is 0 Å². The Morgan fingerprint density at radius 3 is 2.04 bits per heavy atom. The van der Waals surface area contributed by atoms with Gasteiger partial charge >= 0.3 is 11.9 Å². The Balaban J connectivity index is 2.30. The minimum Gasteiger partial charge on any atom is -0.463 e. The van der Waals surface area contributed by atoms with Crippen LogP contribution in [0.25, 0.3) is 0 Å². The Hall–Kier alpha value is -0.940. The molecule has 0 heterocycles. The van der Waals surface area contributed by atoms with E-state index in [0.29, 0.717) is 6.61 Å². The van der Waals surface area contributed by atoms with Crippen LogP contribution in [-0.4, -0.2) is 18.5 Å². The second-order valence-corrected chi connectivity index (χ2v) is 7.76. The number of esters is 2. The van der Waals surface area contributed by atoms with E-state index in [1.54, 1.807) is 0 Å². The van der Waals surface area contributed by atoms with Gasteiger partial charge in [-0.15, -0.1) is 0 Å². The first kappa shape index (κ1) is 25.1. The number of ether oxygens (including phenoxy) is 2. The SMILES string of the molecule is CCCCCCCCCCOC(=O)/C=C/C(=O)Oc1c(Cl)cc(Cl)c(Cl)c1Cl. The molecule has 0 radical (unpaired) electrons. The summed E-state index contributed by atoms with van der Waals surface area (Å²) in [5.41, 5.74) is 0. The number of hydrogen-bond donors (Lipinski definition) is 0. The van der Waals surface area contributed by atoms with Gasteiger partial charge in [0.15, 0.2) is 5.75 Å². The van der Waals surface area contributed by atoms with Gasteiger partial charge in [-0.2, -0.15) is 0 Å². The molecule has 0 saturated heterocycles. The standard InChI is InChI=1S/C20H24Cl4O4/c1-2-3-4-5-6-7-8-9-12-27-16(25)10-11-17(26)28-20-15(22)13-14(21)18(23)19(20)24/h10-11,13H,2-9,12H2,1H3/b11-10+. The first-order valence-electron chi connectivity index (χ1n) is 9.26. The zero-order valence-corrected chi connectivity index (χ0v) is 18.8.